The molecule has 0 aromatic heterocycles. The predicted octanol–water partition coefficient (Wildman–Crippen LogP) is 5.25. The average molecular weight is 488 g/mol. The normalized spacial score (nSPS) is 14.6. The zero-order valence-electron chi connectivity index (χ0n) is 21.4. The number of anilines is 1. The van der Waals surface area contributed by atoms with Gasteiger partial charge in [-0.05, 0) is 79.5 Å². The van der Waals surface area contributed by atoms with Crippen LogP contribution in [0.1, 0.15) is 71.7 Å². The second-order valence-corrected chi connectivity index (χ2v) is 11.8. The van der Waals surface area contributed by atoms with Gasteiger partial charge in [0.15, 0.2) is 0 Å². The first kappa shape index (κ1) is 26.2. The highest BCUT2D eigenvalue weighted by atomic mass is 32.2. The van der Waals surface area contributed by atoms with Gasteiger partial charge in [-0.2, -0.15) is 0 Å². The number of amides is 2. The summed E-state index contributed by atoms with van der Waals surface area (Å²) in [4.78, 5) is 29.5. The number of benzene rings is 2. The summed E-state index contributed by atoms with van der Waals surface area (Å²) in [5.41, 5.74) is 0.644. The average Bonchev–Trinajstić information content (AvgIpc) is 3.01. The molecular weight excluding hydrogens is 450 g/mol. The van der Waals surface area contributed by atoms with Gasteiger partial charge in [0.2, 0.25) is 0 Å². The van der Waals surface area contributed by atoms with Crippen molar-refractivity contribution in [2.75, 3.05) is 24.5 Å². The molecule has 7 nitrogen and oxygen atoms in total. The lowest BCUT2D eigenvalue weighted by atomic mass is 10.1. The third-order valence-corrected chi connectivity index (χ3v) is 6.95. The summed E-state index contributed by atoms with van der Waals surface area (Å²) >= 11 is 0. The maximum Gasteiger partial charge on any atom is 0.410 e. The van der Waals surface area contributed by atoms with E-state index in [4.69, 9.17) is 4.74 Å². The van der Waals surface area contributed by atoms with Crippen molar-refractivity contribution in [2.24, 2.45) is 0 Å². The first-order valence-electron chi connectivity index (χ1n) is 11.9. The van der Waals surface area contributed by atoms with E-state index in [-0.39, 0.29) is 17.5 Å². The van der Waals surface area contributed by atoms with Crippen LogP contribution >= 0.6 is 0 Å². The molecular formula is C26H37N3O4S. The number of nitrogens with zero attached hydrogens (tertiary/aromatic N) is 2. The molecule has 1 atom stereocenters. The molecule has 1 unspecified atom stereocenters. The van der Waals surface area contributed by atoms with Gasteiger partial charge in [-0.1, -0.05) is 12.1 Å². The Balaban J connectivity index is 1.61. The summed E-state index contributed by atoms with van der Waals surface area (Å²) in [6.07, 6.45) is 1.19. The molecule has 0 bridgehead atoms. The zero-order chi connectivity index (χ0) is 25.3. The molecule has 0 saturated carbocycles. The first-order chi connectivity index (χ1) is 15.8. The second kappa shape index (κ2) is 10.0. The monoisotopic (exact) mass is 487 g/mol. The van der Waals surface area contributed by atoms with E-state index in [9.17, 15) is 13.8 Å². The number of unbranched alkanes of at least 4 members (excludes halogenated alkanes) is 1. The van der Waals surface area contributed by atoms with Crippen LogP contribution in [0.4, 0.5) is 10.5 Å². The molecule has 34 heavy (non-hydrogen) atoms. The van der Waals surface area contributed by atoms with Gasteiger partial charge >= 0.3 is 6.09 Å². The van der Waals surface area contributed by atoms with Crippen LogP contribution in [0.15, 0.2) is 35.2 Å². The minimum atomic E-state index is -1.41. The van der Waals surface area contributed by atoms with Crippen molar-refractivity contribution in [2.45, 2.75) is 77.3 Å². The lowest BCUT2D eigenvalue weighted by molar-refractivity contribution is 0.00589. The molecule has 1 aliphatic heterocycles. The summed E-state index contributed by atoms with van der Waals surface area (Å²) in [5, 5.41) is 1.72. The number of rotatable bonds is 8. The van der Waals surface area contributed by atoms with Gasteiger partial charge in [0.25, 0.3) is 5.91 Å². The van der Waals surface area contributed by atoms with Crippen LogP contribution in [-0.4, -0.2) is 51.9 Å². The molecule has 1 heterocycles. The lowest BCUT2D eigenvalue weighted by Crippen LogP contribution is -2.48. The maximum absolute atomic E-state index is 13.1. The second-order valence-electron chi connectivity index (χ2n) is 10.5. The van der Waals surface area contributed by atoms with Crippen molar-refractivity contribution in [3.63, 3.8) is 0 Å². The Morgan fingerprint density at radius 3 is 2.41 bits per heavy atom. The molecule has 0 aliphatic carbocycles. The Morgan fingerprint density at radius 2 is 1.79 bits per heavy atom. The summed E-state index contributed by atoms with van der Waals surface area (Å²) in [6, 6.07) is 9.32. The Morgan fingerprint density at radius 1 is 1.09 bits per heavy atom. The number of carbonyl (C=O) groups is 2. The Kier molecular flexibility index (Phi) is 7.72. The third-order valence-electron chi connectivity index (χ3n) is 5.73. The van der Waals surface area contributed by atoms with E-state index in [0.717, 1.165) is 29.3 Å². The van der Waals surface area contributed by atoms with Gasteiger partial charge in [0, 0.05) is 41.5 Å². The Hall–Kier alpha value is -2.45. The van der Waals surface area contributed by atoms with Crippen molar-refractivity contribution in [3.8, 4) is 0 Å². The van der Waals surface area contributed by atoms with Gasteiger partial charge < -0.3 is 14.5 Å². The molecule has 0 fully saturated rings. The number of nitrogens with one attached hydrogen (secondary N) is 1. The summed E-state index contributed by atoms with van der Waals surface area (Å²) < 4.78 is 21.7. The minimum absolute atomic E-state index is 0.00705. The number of carbonyl (C=O) groups excluding carboxylic acids is 2. The molecule has 8 heteroatoms. The lowest BCUT2D eigenvalue weighted by Gasteiger charge is -2.36. The molecule has 2 amide bonds. The highest BCUT2D eigenvalue weighted by molar-refractivity contribution is 7.83. The standard InChI is InChI=1S/C26H37N3O4S/c1-8-28-20-14-15-21(18-12-11-13-19(22(18)20)23(28)30)34(32)27-16-9-10-17-29(25(2,3)4)24(31)33-26(5,6)7/h11-15,27H,8-10,16-17H2,1-7H3. The van der Waals surface area contributed by atoms with Crippen molar-refractivity contribution in [3.05, 3.63) is 35.9 Å². The molecule has 2 aromatic rings. The fraction of sp³-hybridized carbons (Fsp3) is 0.538. The maximum atomic E-state index is 13.1. The fourth-order valence-electron chi connectivity index (χ4n) is 4.15. The van der Waals surface area contributed by atoms with Crippen LogP contribution in [-0.2, 0) is 15.7 Å². The molecule has 0 saturated heterocycles. The van der Waals surface area contributed by atoms with Gasteiger partial charge in [0.05, 0.1) is 10.6 Å². The number of ether oxygens (including phenoxy) is 1. The van der Waals surface area contributed by atoms with E-state index in [0.29, 0.717) is 30.1 Å². The SMILES string of the molecule is CCN1C(=O)c2cccc3c(S(=O)NCCCCN(C(=O)OC(C)(C)C)C(C)(C)C)ccc1c23. The summed E-state index contributed by atoms with van der Waals surface area (Å²) in [7, 11) is -1.41. The molecule has 2 aromatic carbocycles. The quantitative estimate of drug-likeness (QED) is 0.516. The van der Waals surface area contributed by atoms with E-state index in [2.05, 4.69) is 4.72 Å². The summed E-state index contributed by atoms with van der Waals surface area (Å²) in [5.74, 6) is -0.00705. The van der Waals surface area contributed by atoms with E-state index in [1.54, 1.807) is 9.80 Å². The van der Waals surface area contributed by atoms with E-state index < -0.39 is 16.6 Å². The van der Waals surface area contributed by atoms with Crippen molar-refractivity contribution in [1.29, 1.82) is 0 Å². The smallest absolute Gasteiger partial charge is 0.410 e. The number of hydrogen-bond acceptors (Lipinski definition) is 4. The largest absolute Gasteiger partial charge is 0.444 e. The van der Waals surface area contributed by atoms with Crippen LogP contribution in [0, 0.1) is 0 Å². The third kappa shape index (κ3) is 5.61. The minimum Gasteiger partial charge on any atom is -0.444 e. The Labute approximate surface area is 205 Å². The molecule has 0 radical (unpaired) electrons. The zero-order valence-corrected chi connectivity index (χ0v) is 22.2. The van der Waals surface area contributed by atoms with Crippen LogP contribution < -0.4 is 9.62 Å². The van der Waals surface area contributed by atoms with Gasteiger partial charge in [-0.25, -0.2) is 13.7 Å². The van der Waals surface area contributed by atoms with Crippen LogP contribution in [0.3, 0.4) is 0 Å². The van der Waals surface area contributed by atoms with E-state index >= 15 is 0 Å². The highest BCUT2D eigenvalue weighted by Crippen LogP contribution is 2.39. The van der Waals surface area contributed by atoms with Gasteiger partial charge in [0.1, 0.15) is 16.6 Å². The van der Waals surface area contributed by atoms with Crippen LogP contribution in [0.2, 0.25) is 0 Å². The summed E-state index contributed by atoms with van der Waals surface area (Å²) in [6.45, 7) is 15.2. The highest BCUT2D eigenvalue weighted by Gasteiger charge is 2.31. The van der Waals surface area contributed by atoms with E-state index in [1.165, 1.54) is 0 Å². The molecule has 186 valence electrons. The van der Waals surface area contributed by atoms with Crippen molar-refractivity contribution < 1.29 is 18.5 Å². The van der Waals surface area contributed by atoms with Crippen LogP contribution in [0.5, 0.6) is 0 Å². The Bertz CT molecular complexity index is 1100. The molecule has 3 rings (SSSR count). The van der Waals surface area contributed by atoms with Crippen molar-refractivity contribution in [1.82, 2.24) is 9.62 Å². The molecule has 0 spiro atoms. The fourth-order valence-corrected chi connectivity index (χ4v) is 5.20. The predicted molar refractivity (Wildman–Crippen MR) is 138 cm³/mol. The van der Waals surface area contributed by atoms with E-state index in [1.807, 2.05) is 78.8 Å². The first-order valence-corrected chi connectivity index (χ1v) is 13.0. The molecule has 1 N–H and O–H groups in total. The van der Waals surface area contributed by atoms with Crippen molar-refractivity contribution >= 4 is 39.4 Å². The van der Waals surface area contributed by atoms with Crippen LogP contribution in [0.25, 0.3) is 10.8 Å². The topological polar surface area (TPSA) is 79.0 Å². The molecule has 1 aliphatic rings. The van der Waals surface area contributed by atoms with Gasteiger partial charge in [-0.3, -0.25) is 4.79 Å². The number of hydrogen-bond donors (Lipinski definition) is 1. The van der Waals surface area contributed by atoms with Gasteiger partial charge in [-0.15, -0.1) is 0 Å².